The lowest BCUT2D eigenvalue weighted by molar-refractivity contribution is -0.135. The number of piperidine rings is 1. The molecule has 0 saturated carbocycles. The second-order valence-electron chi connectivity index (χ2n) is 8.10. The number of aryl methyl sites for hydroxylation is 1. The number of carbonyl (C=O) groups excluding carboxylic acids is 2. The quantitative estimate of drug-likeness (QED) is 0.715. The maximum atomic E-state index is 13.2. The number of fused-ring (bicyclic) bond motifs is 1. The van der Waals surface area contributed by atoms with Gasteiger partial charge in [0.25, 0.3) is 11.6 Å². The molecule has 3 heterocycles. The van der Waals surface area contributed by atoms with Crippen molar-refractivity contribution in [1.29, 1.82) is 0 Å². The van der Waals surface area contributed by atoms with Gasteiger partial charge in [0.1, 0.15) is 0 Å². The molecular weight excluding hydrogens is 380 g/mol. The van der Waals surface area contributed by atoms with Crippen LogP contribution in [0.3, 0.4) is 0 Å². The molecule has 30 heavy (non-hydrogen) atoms. The van der Waals surface area contributed by atoms with E-state index in [4.69, 9.17) is 4.52 Å². The lowest BCUT2D eigenvalue weighted by Crippen LogP contribution is -2.47. The summed E-state index contributed by atoms with van der Waals surface area (Å²) in [6, 6.07) is 11.5. The Morgan fingerprint density at radius 2 is 1.87 bits per heavy atom. The van der Waals surface area contributed by atoms with Gasteiger partial charge >= 0.3 is 0 Å². The van der Waals surface area contributed by atoms with E-state index in [1.54, 1.807) is 6.07 Å². The number of rotatable bonds is 4. The van der Waals surface area contributed by atoms with Crippen LogP contribution in [0.4, 0.5) is 0 Å². The maximum absolute atomic E-state index is 13.2. The molecule has 2 amide bonds. The topological polar surface area (TPSA) is 88.3 Å². The number of likely N-dealkylation sites (tertiary alicyclic amines) is 1. The van der Waals surface area contributed by atoms with Gasteiger partial charge in [-0.25, -0.2) is 4.98 Å². The average Bonchev–Trinajstić information content (AvgIpc) is 3.14. The van der Waals surface area contributed by atoms with E-state index in [1.807, 2.05) is 56.0 Å². The molecule has 0 spiro atoms. The number of carbonyl (C=O) groups is 2. The summed E-state index contributed by atoms with van der Waals surface area (Å²) in [6.45, 7) is 6.96. The van der Waals surface area contributed by atoms with E-state index in [2.05, 4.69) is 15.5 Å². The van der Waals surface area contributed by atoms with Gasteiger partial charge in [0.15, 0.2) is 0 Å². The van der Waals surface area contributed by atoms with Gasteiger partial charge in [-0.3, -0.25) is 9.59 Å². The molecule has 1 aromatic carbocycles. The third kappa shape index (κ3) is 3.92. The van der Waals surface area contributed by atoms with Gasteiger partial charge in [-0.1, -0.05) is 49.3 Å². The smallest absolute Gasteiger partial charge is 0.259 e. The molecule has 2 aromatic heterocycles. The van der Waals surface area contributed by atoms with Crippen LogP contribution in [0.2, 0.25) is 0 Å². The lowest BCUT2D eigenvalue weighted by Gasteiger charge is -2.33. The van der Waals surface area contributed by atoms with Crippen LogP contribution >= 0.6 is 0 Å². The minimum Gasteiger partial charge on any atom is -0.349 e. The van der Waals surface area contributed by atoms with Crippen LogP contribution in [-0.4, -0.2) is 46.0 Å². The molecule has 0 bridgehead atoms. The van der Waals surface area contributed by atoms with E-state index in [0.29, 0.717) is 41.1 Å². The van der Waals surface area contributed by atoms with E-state index in [1.165, 1.54) is 0 Å². The Kier molecular flexibility index (Phi) is 5.53. The fourth-order valence-corrected chi connectivity index (χ4v) is 3.90. The average molecular weight is 406 g/mol. The summed E-state index contributed by atoms with van der Waals surface area (Å²) in [7, 11) is 0. The Morgan fingerprint density at radius 3 is 2.53 bits per heavy atom. The first-order valence-corrected chi connectivity index (χ1v) is 10.4. The molecule has 1 aliphatic rings. The van der Waals surface area contributed by atoms with Crippen molar-refractivity contribution in [2.45, 2.75) is 39.7 Å². The van der Waals surface area contributed by atoms with Crippen LogP contribution in [0, 0.1) is 12.8 Å². The number of nitrogens with zero attached hydrogens (tertiary/aromatic N) is 3. The van der Waals surface area contributed by atoms with Gasteiger partial charge in [-0.05, 0) is 25.8 Å². The second kappa shape index (κ2) is 8.26. The molecular formula is C23H26N4O3. The molecule has 3 aromatic rings. The first kappa shape index (κ1) is 20.1. The molecule has 0 aliphatic carbocycles. The number of nitrogens with one attached hydrogen (secondary N) is 1. The predicted molar refractivity (Wildman–Crippen MR) is 114 cm³/mol. The fourth-order valence-electron chi connectivity index (χ4n) is 3.90. The zero-order valence-corrected chi connectivity index (χ0v) is 17.5. The molecule has 1 fully saturated rings. The van der Waals surface area contributed by atoms with Crippen molar-refractivity contribution < 1.29 is 14.1 Å². The molecule has 4 rings (SSSR count). The Morgan fingerprint density at radius 1 is 1.17 bits per heavy atom. The molecule has 1 aliphatic heterocycles. The van der Waals surface area contributed by atoms with Gasteiger partial charge in [-0.2, -0.15) is 0 Å². The van der Waals surface area contributed by atoms with E-state index in [9.17, 15) is 9.59 Å². The van der Waals surface area contributed by atoms with Crippen LogP contribution in [0.25, 0.3) is 22.4 Å². The van der Waals surface area contributed by atoms with E-state index in [-0.39, 0.29) is 23.8 Å². The zero-order valence-electron chi connectivity index (χ0n) is 17.5. The first-order valence-electron chi connectivity index (χ1n) is 10.4. The number of aromatic nitrogens is 2. The van der Waals surface area contributed by atoms with Crippen molar-refractivity contribution >= 4 is 22.9 Å². The normalized spacial score (nSPS) is 15.0. The monoisotopic (exact) mass is 406 g/mol. The highest BCUT2D eigenvalue weighted by molar-refractivity contribution is 6.07. The summed E-state index contributed by atoms with van der Waals surface area (Å²) in [5.74, 6) is -0.00282. The third-order valence-corrected chi connectivity index (χ3v) is 5.57. The number of hydrogen-bond donors (Lipinski definition) is 1. The molecule has 7 nitrogen and oxygen atoms in total. The van der Waals surface area contributed by atoms with Crippen LogP contribution in [0.1, 0.15) is 42.7 Å². The molecule has 156 valence electrons. The van der Waals surface area contributed by atoms with Crippen molar-refractivity contribution in [2.24, 2.45) is 5.92 Å². The van der Waals surface area contributed by atoms with Gasteiger partial charge < -0.3 is 14.7 Å². The summed E-state index contributed by atoms with van der Waals surface area (Å²) in [5.41, 5.74) is 3.08. The lowest BCUT2D eigenvalue weighted by atomic mass is 10.0. The Hall–Kier alpha value is -3.22. The molecule has 0 atom stereocenters. The predicted octanol–water partition coefficient (Wildman–Crippen LogP) is 3.58. The highest BCUT2D eigenvalue weighted by Gasteiger charge is 2.27. The first-order chi connectivity index (χ1) is 14.4. The summed E-state index contributed by atoms with van der Waals surface area (Å²) in [6.07, 6.45) is 1.49. The Balaban J connectivity index is 1.56. The molecule has 1 saturated heterocycles. The van der Waals surface area contributed by atoms with Crippen LogP contribution in [-0.2, 0) is 4.79 Å². The summed E-state index contributed by atoms with van der Waals surface area (Å²) >= 11 is 0. The largest absolute Gasteiger partial charge is 0.349 e. The number of pyridine rings is 1. The van der Waals surface area contributed by atoms with Crippen LogP contribution in [0.15, 0.2) is 40.9 Å². The number of hydrogen-bond acceptors (Lipinski definition) is 5. The maximum Gasteiger partial charge on any atom is 0.259 e. The Labute approximate surface area is 175 Å². The van der Waals surface area contributed by atoms with E-state index >= 15 is 0 Å². The van der Waals surface area contributed by atoms with E-state index in [0.717, 1.165) is 18.4 Å². The summed E-state index contributed by atoms with van der Waals surface area (Å²) in [4.78, 5) is 31.8. The SMILES string of the molecule is Cc1noc2nc(-c3ccccc3)cc(C(=O)NC3CCN(C(=O)C(C)C)CC3)c12. The van der Waals surface area contributed by atoms with Gasteiger partial charge in [-0.15, -0.1) is 0 Å². The van der Waals surface area contributed by atoms with Gasteiger partial charge in [0.2, 0.25) is 5.91 Å². The van der Waals surface area contributed by atoms with Crippen molar-refractivity contribution in [2.75, 3.05) is 13.1 Å². The number of benzene rings is 1. The number of amides is 2. The second-order valence-corrected chi connectivity index (χ2v) is 8.10. The minimum absolute atomic E-state index is 0.00535. The zero-order chi connectivity index (χ0) is 21.3. The van der Waals surface area contributed by atoms with E-state index < -0.39 is 0 Å². The Bertz CT molecular complexity index is 1070. The molecule has 0 radical (unpaired) electrons. The molecule has 0 unspecified atom stereocenters. The highest BCUT2D eigenvalue weighted by Crippen LogP contribution is 2.27. The van der Waals surface area contributed by atoms with Crippen LogP contribution in [0.5, 0.6) is 0 Å². The van der Waals surface area contributed by atoms with Gasteiger partial charge in [0, 0.05) is 30.6 Å². The van der Waals surface area contributed by atoms with Crippen molar-refractivity contribution in [3.63, 3.8) is 0 Å². The highest BCUT2D eigenvalue weighted by atomic mass is 16.5. The van der Waals surface area contributed by atoms with Crippen molar-refractivity contribution in [3.8, 4) is 11.3 Å². The fraction of sp³-hybridized carbons (Fsp3) is 0.391. The van der Waals surface area contributed by atoms with Crippen molar-refractivity contribution in [3.05, 3.63) is 47.7 Å². The van der Waals surface area contributed by atoms with Crippen molar-refractivity contribution in [1.82, 2.24) is 20.4 Å². The molecule has 1 N–H and O–H groups in total. The summed E-state index contributed by atoms with van der Waals surface area (Å²) < 4.78 is 5.37. The standard InChI is InChI=1S/C23H26N4O3/c1-14(2)23(29)27-11-9-17(10-12-27)24-21(28)18-13-19(16-7-5-4-6-8-16)25-22-20(18)15(3)26-30-22/h4-8,13-14,17H,9-12H2,1-3H3,(H,24,28). The minimum atomic E-state index is -0.167. The van der Waals surface area contributed by atoms with Crippen LogP contribution < -0.4 is 5.32 Å². The van der Waals surface area contributed by atoms with Gasteiger partial charge in [0.05, 0.1) is 22.3 Å². The third-order valence-electron chi connectivity index (χ3n) is 5.57. The molecule has 7 heteroatoms. The summed E-state index contributed by atoms with van der Waals surface area (Å²) in [5, 5.41) is 7.78.